The monoisotopic (exact) mass is 376 g/mol. The second kappa shape index (κ2) is 7.08. The van der Waals surface area contributed by atoms with Crippen molar-refractivity contribution < 1.29 is 13.9 Å². The number of H-pyrrole nitrogens is 1. The maximum Gasteiger partial charge on any atom is 0.244 e. The van der Waals surface area contributed by atoms with E-state index >= 15 is 0 Å². The van der Waals surface area contributed by atoms with Gasteiger partial charge in [0.1, 0.15) is 29.8 Å². The van der Waals surface area contributed by atoms with Crippen LogP contribution in [0.2, 0.25) is 0 Å². The zero-order valence-electron chi connectivity index (χ0n) is 15.1. The molecule has 1 aromatic heterocycles. The Morgan fingerprint density at radius 3 is 2.82 bits per heavy atom. The van der Waals surface area contributed by atoms with Crippen LogP contribution in [0.5, 0.6) is 11.6 Å². The number of nitrogens with zero attached hydrogens (tertiary/aromatic N) is 2. The Labute approximate surface area is 161 Å². The highest BCUT2D eigenvalue weighted by Gasteiger charge is 2.34. The summed E-state index contributed by atoms with van der Waals surface area (Å²) in [6, 6.07) is 15.7. The number of aryl methyl sites for hydroxylation is 1. The highest BCUT2D eigenvalue weighted by Crippen LogP contribution is 2.43. The second-order valence-electron chi connectivity index (χ2n) is 6.48. The molecule has 0 amide bonds. The van der Waals surface area contributed by atoms with E-state index in [0.717, 1.165) is 22.4 Å². The van der Waals surface area contributed by atoms with Gasteiger partial charge < -0.3 is 15.2 Å². The molecule has 3 N–H and O–H groups in total. The molecule has 2 heterocycles. The molecule has 0 bridgehead atoms. The van der Waals surface area contributed by atoms with Crippen molar-refractivity contribution >= 4 is 0 Å². The standard InChI is InChI=1S/C21H17FN4O2/c1-12-18-19(17(10-23)20(24)28-21(18)26-25-12)14-3-2-4-16(9-14)27-11-13-5-7-15(22)8-6-13/h2-9,19H,11,24H2,1H3,(H,25,26)/t19-/m0/s1. The number of ether oxygens (including phenoxy) is 2. The van der Waals surface area contributed by atoms with E-state index in [1.54, 1.807) is 12.1 Å². The number of nitrogens with one attached hydrogen (secondary N) is 1. The van der Waals surface area contributed by atoms with Crippen LogP contribution < -0.4 is 15.2 Å². The first-order valence-electron chi connectivity index (χ1n) is 8.66. The summed E-state index contributed by atoms with van der Waals surface area (Å²) in [7, 11) is 0. The molecule has 1 aliphatic rings. The fourth-order valence-corrected chi connectivity index (χ4v) is 3.26. The van der Waals surface area contributed by atoms with E-state index in [1.807, 2.05) is 31.2 Å². The molecule has 3 aromatic rings. The zero-order valence-corrected chi connectivity index (χ0v) is 15.1. The molecule has 0 radical (unpaired) electrons. The predicted octanol–water partition coefficient (Wildman–Crippen LogP) is 3.65. The number of allylic oxidation sites excluding steroid dienone is 1. The van der Waals surface area contributed by atoms with E-state index in [2.05, 4.69) is 16.3 Å². The third-order valence-electron chi connectivity index (χ3n) is 4.64. The van der Waals surface area contributed by atoms with Crippen LogP contribution in [0.1, 0.15) is 28.3 Å². The Kier molecular flexibility index (Phi) is 4.45. The van der Waals surface area contributed by atoms with Crippen molar-refractivity contribution in [3.63, 3.8) is 0 Å². The number of halogens is 1. The third-order valence-corrected chi connectivity index (χ3v) is 4.64. The number of rotatable bonds is 4. The van der Waals surface area contributed by atoms with Gasteiger partial charge in [0.05, 0.1) is 5.92 Å². The summed E-state index contributed by atoms with van der Waals surface area (Å²) in [4.78, 5) is 0. The zero-order chi connectivity index (χ0) is 19.7. The minimum Gasteiger partial charge on any atom is -0.489 e. The van der Waals surface area contributed by atoms with Crippen molar-refractivity contribution in [2.45, 2.75) is 19.4 Å². The lowest BCUT2D eigenvalue weighted by Crippen LogP contribution is -2.21. The van der Waals surface area contributed by atoms with Gasteiger partial charge in [-0.15, -0.1) is 5.10 Å². The highest BCUT2D eigenvalue weighted by atomic mass is 19.1. The largest absolute Gasteiger partial charge is 0.489 e. The van der Waals surface area contributed by atoms with Gasteiger partial charge in [-0.3, -0.25) is 5.10 Å². The molecule has 1 atom stereocenters. The van der Waals surface area contributed by atoms with E-state index in [-0.39, 0.29) is 11.7 Å². The topological polar surface area (TPSA) is 97.0 Å². The number of aromatic amines is 1. The summed E-state index contributed by atoms with van der Waals surface area (Å²) in [6.45, 7) is 2.17. The minimum atomic E-state index is -0.401. The average molecular weight is 376 g/mol. The van der Waals surface area contributed by atoms with Gasteiger partial charge in [0.25, 0.3) is 0 Å². The normalized spacial score (nSPS) is 15.5. The molecule has 0 saturated carbocycles. The number of hydrogen-bond acceptors (Lipinski definition) is 5. The average Bonchev–Trinajstić information content (AvgIpc) is 3.07. The Bertz CT molecular complexity index is 1100. The van der Waals surface area contributed by atoms with E-state index in [0.29, 0.717) is 23.8 Å². The van der Waals surface area contributed by atoms with Gasteiger partial charge >= 0.3 is 0 Å². The summed E-state index contributed by atoms with van der Waals surface area (Å²) in [6.07, 6.45) is 0. The summed E-state index contributed by atoms with van der Waals surface area (Å²) in [5, 5.41) is 16.6. The number of aromatic nitrogens is 2. The minimum absolute atomic E-state index is 0.0455. The van der Waals surface area contributed by atoms with Crippen molar-refractivity contribution in [2.75, 3.05) is 0 Å². The Morgan fingerprint density at radius 2 is 2.07 bits per heavy atom. The second-order valence-corrected chi connectivity index (χ2v) is 6.48. The third kappa shape index (κ3) is 3.16. The molecule has 0 fully saturated rings. The SMILES string of the molecule is Cc1[nH]nc2c1[C@@H](c1cccc(OCc3ccc(F)cc3)c1)C(C#N)=C(N)O2. The van der Waals surface area contributed by atoms with Gasteiger partial charge in [-0.1, -0.05) is 24.3 Å². The molecule has 140 valence electrons. The van der Waals surface area contributed by atoms with Crippen LogP contribution in [0.4, 0.5) is 4.39 Å². The van der Waals surface area contributed by atoms with E-state index < -0.39 is 5.92 Å². The fraction of sp³-hybridized carbons (Fsp3) is 0.143. The van der Waals surface area contributed by atoms with Crippen molar-refractivity contribution in [3.05, 3.63) is 88.2 Å². The molecule has 7 heteroatoms. The van der Waals surface area contributed by atoms with Crippen LogP contribution in [-0.4, -0.2) is 10.2 Å². The van der Waals surface area contributed by atoms with Crippen LogP contribution in [0.15, 0.2) is 60.0 Å². The number of hydrogen-bond donors (Lipinski definition) is 2. The molecule has 2 aromatic carbocycles. The van der Waals surface area contributed by atoms with Gasteiger partial charge in [0.15, 0.2) is 0 Å². The van der Waals surface area contributed by atoms with Gasteiger partial charge in [-0.25, -0.2) is 4.39 Å². The van der Waals surface area contributed by atoms with Gasteiger partial charge in [0, 0.05) is 11.3 Å². The number of nitriles is 1. The first-order valence-corrected chi connectivity index (χ1v) is 8.66. The quantitative estimate of drug-likeness (QED) is 0.724. The van der Waals surface area contributed by atoms with Crippen molar-refractivity contribution in [1.82, 2.24) is 10.2 Å². The van der Waals surface area contributed by atoms with Crippen LogP contribution >= 0.6 is 0 Å². The van der Waals surface area contributed by atoms with Crippen LogP contribution in [0.25, 0.3) is 0 Å². The lowest BCUT2D eigenvalue weighted by atomic mass is 9.84. The van der Waals surface area contributed by atoms with Crippen molar-refractivity contribution in [2.24, 2.45) is 5.73 Å². The lowest BCUT2D eigenvalue weighted by Gasteiger charge is -2.24. The van der Waals surface area contributed by atoms with E-state index in [1.165, 1.54) is 12.1 Å². The first kappa shape index (κ1) is 17.6. The Hall–Kier alpha value is -3.79. The molecule has 6 nitrogen and oxygen atoms in total. The van der Waals surface area contributed by atoms with E-state index in [4.69, 9.17) is 15.2 Å². The smallest absolute Gasteiger partial charge is 0.244 e. The lowest BCUT2D eigenvalue weighted by molar-refractivity contribution is 0.305. The summed E-state index contributed by atoms with van der Waals surface area (Å²) in [5.41, 5.74) is 9.55. The van der Waals surface area contributed by atoms with Gasteiger partial charge in [-0.05, 0) is 42.3 Å². The molecule has 1 aliphatic heterocycles. The van der Waals surface area contributed by atoms with Crippen molar-refractivity contribution in [3.8, 4) is 17.7 Å². The summed E-state index contributed by atoms with van der Waals surface area (Å²) < 4.78 is 24.4. The molecular formula is C21H17FN4O2. The molecule has 0 unspecified atom stereocenters. The van der Waals surface area contributed by atoms with Gasteiger partial charge in [0.2, 0.25) is 11.8 Å². The maximum absolute atomic E-state index is 13.0. The highest BCUT2D eigenvalue weighted by molar-refractivity contribution is 5.55. The Balaban J connectivity index is 1.66. The predicted molar refractivity (Wildman–Crippen MR) is 99.8 cm³/mol. The number of nitrogens with two attached hydrogens (primary N) is 1. The molecule has 4 rings (SSSR count). The Morgan fingerprint density at radius 1 is 1.29 bits per heavy atom. The summed E-state index contributed by atoms with van der Waals surface area (Å²) in [5.74, 6) is 0.361. The molecule has 0 saturated heterocycles. The first-order chi connectivity index (χ1) is 13.6. The molecular weight excluding hydrogens is 359 g/mol. The summed E-state index contributed by atoms with van der Waals surface area (Å²) >= 11 is 0. The van der Waals surface area contributed by atoms with Crippen LogP contribution in [-0.2, 0) is 6.61 Å². The number of benzene rings is 2. The number of fused-ring (bicyclic) bond motifs is 1. The van der Waals surface area contributed by atoms with Gasteiger partial charge in [-0.2, -0.15) is 5.26 Å². The fourth-order valence-electron chi connectivity index (χ4n) is 3.26. The maximum atomic E-state index is 13.0. The molecule has 28 heavy (non-hydrogen) atoms. The van der Waals surface area contributed by atoms with Crippen LogP contribution in [0, 0.1) is 24.1 Å². The molecule has 0 spiro atoms. The van der Waals surface area contributed by atoms with E-state index in [9.17, 15) is 9.65 Å². The van der Waals surface area contributed by atoms with Crippen LogP contribution in [0.3, 0.4) is 0 Å². The van der Waals surface area contributed by atoms with Crippen molar-refractivity contribution in [1.29, 1.82) is 5.26 Å². The molecule has 0 aliphatic carbocycles.